The van der Waals surface area contributed by atoms with Gasteiger partial charge in [-0.15, -0.1) is 0 Å². The van der Waals surface area contributed by atoms with Crippen molar-refractivity contribution < 1.29 is 14.3 Å². The average Bonchev–Trinajstić information content (AvgIpc) is 2.91. The van der Waals surface area contributed by atoms with Crippen LogP contribution in [-0.2, 0) is 14.3 Å². The van der Waals surface area contributed by atoms with Gasteiger partial charge in [0.15, 0.2) is 0 Å². The Labute approximate surface area is 157 Å². The SMILES string of the molecule is CCC1C=C2NC(=O)CC[C@]2(C)[C@@H]2CC[C@]3(C)C(OC(C)=O)CC[C@H]3[C@H]12. The maximum atomic E-state index is 12.0. The molecule has 1 heterocycles. The van der Waals surface area contributed by atoms with E-state index in [-0.39, 0.29) is 28.8 Å². The van der Waals surface area contributed by atoms with Crippen molar-refractivity contribution in [2.45, 2.75) is 78.7 Å². The number of piperidine rings is 1. The molecule has 2 saturated carbocycles. The van der Waals surface area contributed by atoms with E-state index in [9.17, 15) is 9.59 Å². The molecule has 4 rings (SSSR count). The highest BCUT2D eigenvalue weighted by molar-refractivity contribution is 5.79. The zero-order chi connectivity index (χ0) is 18.7. The number of nitrogens with one attached hydrogen (secondary N) is 1. The third kappa shape index (κ3) is 2.47. The van der Waals surface area contributed by atoms with Gasteiger partial charge in [0.2, 0.25) is 5.91 Å². The lowest BCUT2D eigenvalue weighted by Crippen LogP contribution is -2.56. The molecule has 1 saturated heterocycles. The van der Waals surface area contributed by atoms with Gasteiger partial charge in [-0.3, -0.25) is 9.59 Å². The van der Waals surface area contributed by atoms with Gasteiger partial charge in [-0.1, -0.05) is 26.8 Å². The van der Waals surface area contributed by atoms with Crippen LogP contribution < -0.4 is 5.32 Å². The molecule has 1 amide bonds. The second-order valence-electron chi connectivity index (χ2n) is 9.63. The lowest BCUT2D eigenvalue weighted by atomic mass is 9.47. The lowest BCUT2D eigenvalue weighted by molar-refractivity contribution is -0.158. The predicted molar refractivity (Wildman–Crippen MR) is 99.9 cm³/mol. The van der Waals surface area contributed by atoms with E-state index in [2.05, 4.69) is 32.2 Å². The predicted octanol–water partition coefficient (Wildman–Crippen LogP) is 4.20. The summed E-state index contributed by atoms with van der Waals surface area (Å²) in [6.07, 6.45) is 9.67. The first-order valence-electron chi connectivity index (χ1n) is 10.5. The minimum Gasteiger partial charge on any atom is -0.462 e. The fourth-order valence-corrected chi connectivity index (χ4v) is 7.08. The molecule has 3 aliphatic carbocycles. The standard InChI is InChI=1S/C22H33NO3/c1-5-14-12-17-21(3,11-9-19(25)23-17)16-8-10-22(4)15(20(14)16)6-7-18(22)26-13(2)24/h12,14-16,18,20H,5-11H2,1-4H3,(H,23,25)/t14?,15-,16+,18?,20-,21+,22-/m0/s1. The monoisotopic (exact) mass is 359 g/mol. The Kier molecular flexibility index (Phi) is 4.24. The van der Waals surface area contributed by atoms with Crippen LogP contribution in [0.3, 0.4) is 0 Å². The summed E-state index contributed by atoms with van der Waals surface area (Å²) in [6.45, 7) is 8.56. The minimum atomic E-state index is -0.140. The number of rotatable bonds is 2. The molecule has 0 aromatic heterocycles. The van der Waals surface area contributed by atoms with E-state index >= 15 is 0 Å². The first kappa shape index (κ1) is 18.1. The summed E-state index contributed by atoms with van der Waals surface area (Å²) in [6, 6.07) is 0. The first-order valence-corrected chi connectivity index (χ1v) is 10.5. The van der Waals surface area contributed by atoms with Crippen LogP contribution >= 0.6 is 0 Å². The number of carbonyl (C=O) groups is 2. The van der Waals surface area contributed by atoms with E-state index in [1.54, 1.807) is 6.92 Å². The van der Waals surface area contributed by atoms with E-state index in [0.29, 0.717) is 30.1 Å². The number of carbonyl (C=O) groups excluding carboxylic acids is 2. The second kappa shape index (κ2) is 6.10. The van der Waals surface area contributed by atoms with Crippen LogP contribution in [0, 0.1) is 34.5 Å². The number of amides is 1. The van der Waals surface area contributed by atoms with Gasteiger partial charge in [0.1, 0.15) is 6.10 Å². The van der Waals surface area contributed by atoms with Gasteiger partial charge in [0, 0.05) is 29.9 Å². The fourth-order valence-electron chi connectivity index (χ4n) is 7.08. The normalized spacial score (nSPS) is 47.2. The van der Waals surface area contributed by atoms with Crippen LogP contribution in [0.25, 0.3) is 0 Å². The van der Waals surface area contributed by atoms with Crippen LogP contribution in [0.1, 0.15) is 72.6 Å². The highest BCUT2D eigenvalue weighted by atomic mass is 16.5. The Morgan fingerprint density at radius 2 is 2.00 bits per heavy atom. The molecule has 7 atom stereocenters. The van der Waals surface area contributed by atoms with Gasteiger partial charge in [-0.05, 0) is 62.2 Å². The Morgan fingerprint density at radius 1 is 1.23 bits per heavy atom. The third-order valence-corrected chi connectivity index (χ3v) is 8.48. The van der Waals surface area contributed by atoms with Gasteiger partial charge < -0.3 is 10.1 Å². The van der Waals surface area contributed by atoms with Crippen LogP contribution in [0.15, 0.2) is 11.8 Å². The molecule has 1 N–H and O–H groups in total. The topological polar surface area (TPSA) is 55.4 Å². The van der Waals surface area contributed by atoms with E-state index in [1.165, 1.54) is 12.1 Å². The van der Waals surface area contributed by atoms with Crippen molar-refractivity contribution >= 4 is 11.9 Å². The largest absolute Gasteiger partial charge is 0.462 e. The molecule has 144 valence electrons. The maximum absolute atomic E-state index is 12.0. The van der Waals surface area contributed by atoms with Crippen molar-refractivity contribution in [1.82, 2.24) is 5.32 Å². The van der Waals surface area contributed by atoms with E-state index in [1.807, 2.05) is 0 Å². The number of allylic oxidation sites excluding steroid dienone is 2. The van der Waals surface area contributed by atoms with Crippen molar-refractivity contribution in [2.75, 3.05) is 0 Å². The molecule has 26 heavy (non-hydrogen) atoms. The summed E-state index contributed by atoms with van der Waals surface area (Å²) in [5.41, 5.74) is 1.41. The van der Waals surface area contributed by atoms with Crippen LogP contribution in [0.5, 0.6) is 0 Å². The highest BCUT2D eigenvalue weighted by Gasteiger charge is 2.61. The highest BCUT2D eigenvalue weighted by Crippen LogP contribution is 2.65. The molecule has 0 bridgehead atoms. The van der Waals surface area contributed by atoms with E-state index in [0.717, 1.165) is 32.1 Å². The van der Waals surface area contributed by atoms with Crippen molar-refractivity contribution in [3.63, 3.8) is 0 Å². The average molecular weight is 360 g/mol. The molecule has 4 nitrogen and oxygen atoms in total. The summed E-state index contributed by atoms with van der Waals surface area (Å²) in [4.78, 5) is 23.6. The summed E-state index contributed by atoms with van der Waals surface area (Å²) in [5.74, 6) is 2.44. The number of fused-ring (bicyclic) bond motifs is 5. The van der Waals surface area contributed by atoms with Crippen molar-refractivity contribution in [3.8, 4) is 0 Å². The van der Waals surface area contributed by atoms with Gasteiger partial charge in [-0.2, -0.15) is 0 Å². The summed E-state index contributed by atoms with van der Waals surface area (Å²) in [7, 11) is 0. The van der Waals surface area contributed by atoms with Gasteiger partial charge in [-0.25, -0.2) is 0 Å². The molecule has 4 heteroatoms. The Hall–Kier alpha value is -1.32. The van der Waals surface area contributed by atoms with Crippen LogP contribution in [0.4, 0.5) is 0 Å². The molecule has 2 unspecified atom stereocenters. The number of hydrogen-bond acceptors (Lipinski definition) is 3. The van der Waals surface area contributed by atoms with Gasteiger partial charge in [0.05, 0.1) is 0 Å². The Balaban J connectivity index is 1.70. The maximum Gasteiger partial charge on any atom is 0.302 e. The third-order valence-electron chi connectivity index (χ3n) is 8.48. The molecule has 3 fully saturated rings. The minimum absolute atomic E-state index is 0.0766. The zero-order valence-corrected chi connectivity index (χ0v) is 16.6. The summed E-state index contributed by atoms with van der Waals surface area (Å²) >= 11 is 0. The van der Waals surface area contributed by atoms with Crippen LogP contribution in [-0.4, -0.2) is 18.0 Å². The molecule has 0 spiro atoms. The first-order chi connectivity index (χ1) is 12.3. The molecular formula is C22H33NO3. The van der Waals surface area contributed by atoms with Crippen molar-refractivity contribution in [1.29, 1.82) is 0 Å². The quantitative estimate of drug-likeness (QED) is 0.752. The molecule has 1 aliphatic heterocycles. The van der Waals surface area contributed by atoms with Crippen LogP contribution in [0.2, 0.25) is 0 Å². The number of ether oxygens (including phenoxy) is 1. The van der Waals surface area contributed by atoms with E-state index < -0.39 is 0 Å². The Bertz CT molecular complexity index is 656. The molecule has 4 aliphatic rings. The molecule has 0 aromatic carbocycles. The summed E-state index contributed by atoms with van der Waals surface area (Å²) in [5, 5.41) is 3.21. The Morgan fingerprint density at radius 3 is 2.69 bits per heavy atom. The molecule has 0 radical (unpaired) electrons. The van der Waals surface area contributed by atoms with Gasteiger partial charge in [0.25, 0.3) is 0 Å². The zero-order valence-electron chi connectivity index (χ0n) is 16.6. The lowest BCUT2D eigenvalue weighted by Gasteiger charge is -2.59. The molecular weight excluding hydrogens is 326 g/mol. The summed E-state index contributed by atoms with van der Waals surface area (Å²) < 4.78 is 5.77. The smallest absolute Gasteiger partial charge is 0.302 e. The van der Waals surface area contributed by atoms with Gasteiger partial charge >= 0.3 is 5.97 Å². The van der Waals surface area contributed by atoms with E-state index in [4.69, 9.17) is 4.74 Å². The molecule has 0 aromatic rings. The van der Waals surface area contributed by atoms with Crippen molar-refractivity contribution in [3.05, 3.63) is 11.8 Å². The number of esters is 1. The van der Waals surface area contributed by atoms with Crippen molar-refractivity contribution in [2.24, 2.45) is 34.5 Å². The fraction of sp³-hybridized carbons (Fsp3) is 0.818. The number of hydrogen-bond donors (Lipinski definition) is 1. The second-order valence-corrected chi connectivity index (χ2v) is 9.63.